The molecule has 0 saturated heterocycles. The van der Waals surface area contributed by atoms with Crippen LogP contribution >= 0.6 is 15.9 Å². The van der Waals surface area contributed by atoms with Gasteiger partial charge in [0.2, 0.25) is 0 Å². The van der Waals surface area contributed by atoms with Crippen molar-refractivity contribution in [1.82, 2.24) is 0 Å². The topological polar surface area (TPSA) is 46.5 Å². The molecule has 0 heterocycles. The van der Waals surface area contributed by atoms with Gasteiger partial charge in [0, 0.05) is 4.47 Å². The third kappa shape index (κ3) is 3.30. The van der Waals surface area contributed by atoms with E-state index >= 15 is 0 Å². The lowest BCUT2D eigenvalue weighted by Crippen LogP contribution is -2.36. The first kappa shape index (κ1) is 14.2. The molecular formula is C13H17BrO3. The number of hydrogen-bond donors (Lipinski definition) is 1. The maximum Gasteiger partial charge on any atom is 0.311 e. The first-order valence-corrected chi connectivity index (χ1v) is 6.34. The summed E-state index contributed by atoms with van der Waals surface area (Å²) in [6, 6.07) is 7.25. The van der Waals surface area contributed by atoms with Crippen molar-refractivity contribution in [1.29, 1.82) is 0 Å². The third-order valence-electron chi connectivity index (χ3n) is 2.91. The third-order valence-corrected chi connectivity index (χ3v) is 3.44. The van der Waals surface area contributed by atoms with Crippen molar-refractivity contribution in [3.63, 3.8) is 0 Å². The van der Waals surface area contributed by atoms with E-state index in [0.717, 1.165) is 4.47 Å². The number of carbonyl (C=O) groups excluding carboxylic acids is 1. The summed E-state index contributed by atoms with van der Waals surface area (Å²) >= 11 is 3.33. The van der Waals surface area contributed by atoms with Gasteiger partial charge in [0.05, 0.1) is 18.1 Å². The van der Waals surface area contributed by atoms with E-state index in [1.165, 1.54) is 0 Å². The van der Waals surface area contributed by atoms with Crippen LogP contribution in [0.1, 0.15) is 26.3 Å². The molecule has 94 valence electrons. The standard InChI is InChI=1S/C13H17BrO3/c1-4-17-12(15)9(2)13(3,16)10-5-7-11(14)8-6-10/h5-9,16H,4H2,1-3H3/t9-,13-/m0/s1. The highest BCUT2D eigenvalue weighted by atomic mass is 79.9. The number of halogens is 1. The first-order chi connectivity index (χ1) is 7.89. The Morgan fingerprint density at radius 3 is 2.47 bits per heavy atom. The van der Waals surface area contributed by atoms with E-state index < -0.39 is 11.5 Å². The molecule has 0 aliphatic heterocycles. The molecule has 2 atom stereocenters. The Balaban J connectivity index is 2.93. The molecule has 1 N–H and O–H groups in total. The lowest BCUT2D eigenvalue weighted by molar-refractivity contribution is -0.156. The van der Waals surface area contributed by atoms with Crippen molar-refractivity contribution in [2.45, 2.75) is 26.4 Å². The molecule has 0 radical (unpaired) electrons. The second-order valence-corrected chi connectivity index (χ2v) is 5.04. The average molecular weight is 301 g/mol. The zero-order valence-electron chi connectivity index (χ0n) is 10.2. The van der Waals surface area contributed by atoms with E-state index in [1.54, 1.807) is 32.9 Å². The normalized spacial score (nSPS) is 16.1. The summed E-state index contributed by atoms with van der Waals surface area (Å²) < 4.78 is 5.86. The van der Waals surface area contributed by atoms with Gasteiger partial charge in [-0.15, -0.1) is 0 Å². The average Bonchev–Trinajstić information content (AvgIpc) is 2.29. The molecule has 0 spiro atoms. The molecular weight excluding hydrogens is 284 g/mol. The smallest absolute Gasteiger partial charge is 0.311 e. The Morgan fingerprint density at radius 2 is 2.00 bits per heavy atom. The van der Waals surface area contributed by atoms with Gasteiger partial charge in [-0.2, -0.15) is 0 Å². The Hall–Kier alpha value is -0.870. The molecule has 0 unspecified atom stereocenters. The van der Waals surface area contributed by atoms with Gasteiger partial charge in [-0.25, -0.2) is 0 Å². The van der Waals surface area contributed by atoms with Crippen LogP contribution < -0.4 is 0 Å². The van der Waals surface area contributed by atoms with Crippen molar-refractivity contribution in [3.8, 4) is 0 Å². The summed E-state index contributed by atoms with van der Waals surface area (Å²) in [6.45, 7) is 5.36. The molecule has 1 aromatic carbocycles. The van der Waals surface area contributed by atoms with Gasteiger partial charge in [-0.05, 0) is 38.5 Å². The summed E-state index contributed by atoms with van der Waals surface area (Å²) in [5.41, 5.74) is -0.534. The van der Waals surface area contributed by atoms with Crippen LogP contribution in [0.25, 0.3) is 0 Å². The highest BCUT2D eigenvalue weighted by molar-refractivity contribution is 9.10. The van der Waals surface area contributed by atoms with Crippen molar-refractivity contribution < 1.29 is 14.6 Å². The molecule has 0 fully saturated rings. The van der Waals surface area contributed by atoms with Gasteiger partial charge in [0.15, 0.2) is 0 Å². The summed E-state index contributed by atoms with van der Waals surface area (Å²) in [7, 11) is 0. The number of rotatable bonds is 4. The molecule has 3 nitrogen and oxygen atoms in total. The minimum absolute atomic E-state index is 0.319. The largest absolute Gasteiger partial charge is 0.466 e. The fraction of sp³-hybridized carbons (Fsp3) is 0.462. The van der Waals surface area contributed by atoms with Crippen molar-refractivity contribution in [2.75, 3.05) is 6.61 Å². The monoisotopic (exact) mass is 300 g/mol. The van der Waals surface area contributed by atoms with Crippen LogP contribution in [-0.4, -0.2) is 17.7 Å². The highest BCUT2D eigenvalue weighted by Crippen LogP contribution is 2.30. The molecule has 17 heavy (non-hydrogen) atoms. The molecule has 1 rings (SSSR count). The quantitative estimate of drug-likeness (QED) is 0.870. The molecule has 0 aromatic heterocycles. The SMILES string of the molecule is CCOC(=O)[C@H](C)[C@](C)(O)c1ccc(Br)cc1. The van der Waals surface area contributed by atoms with Crippen LogP contribution in [0, 0.1) is 5.92 Å². The Kier molecular flexibility index (Phi) is 4.71. The summed E-state index contributed by atoms with van der Waals surface area (Å²) in [5, 5.41) is 10.4. The van der Waals surface area contributed by atoms with Crippen LogP contribution in [0.4, 0.5) is 0 Å². The predicted molar refractivity (Wildman–Crippen MR) is 69.5 cm³/mol. The second-order valence-electron chi connectivity index (χ2n) is 4.13. The number of carbonyl (C=O) groups is 1. The number of ether oxygens (including phenoxy) is 1. The molecule has 4 heteroatoms. The zero-order valence-corrected chi connectivity index (χ0v) is 11.8. The lowest BCUT2D eigenvalue weighted by atomic mass is 9.84. The zero-order chi connectivity index (χ0) is 13.1. The van der Waals surface area contributed by atoms with Gasteiger partial charge >= 0.3 is 5.97 Å². The number of aliphatic hydroxyl groups is 1. The summed E-state index contributed by atoms with van der Waals surface area (Å²) in [4.78, 5) is 11.6. The number of hydrogen-bond acceptors (Lipinski definition) is 3. The maximum absolute atomic E-state index is 11.6. The van der Waals surface area contributed by atoms with Crippen LogP contribution in [0.5, 0.6) is 0 Å². The van der Waals surface area contributed by atoms with Gasteiger partial charge in [-0.1, -0.05) is 28.1 Å². The van der Waals surface area contributed by atoms with Crippen LogP contribution in [0.3, 0.4) is 0 Å². The molecule has 0 bridgehead atoms. The van der Waals surface area contributed by atoms with Crippen LogP contribution in [0.15, 0.2) is 28.7 Å². The van der Waals surface area contributed by atoms with Crippen LogP contribution in [-0.2, 0) is 15.1 Å². The summed E-state index contributed by atoms with van der Waals surface area (Å²) in [6.07, 6.45) is 0. The number of benzene rings is 1. The lowest BCUT2D eigenvalue weighted by Gasteiger charge is -2.29. The number of esters is 1. The van der Waals surface area contributed by atoms with Crippen molar-refractivity contribution >= 4 is 21.9 Å². The van der Waals surface area contributed by atoms with E-state index in [0.29, 0.717) is 12.2 Å². The molecule has 0 aliphatic carbocycles. The predicted octanol–water partition coefficient (Wildman–Crippen LogP) is 2.86. The molecule has 0 aliphatic rings. The summed E-state index contributed by atoms with van der Waals surface area (Å²) in [5.74, 6) is -0.996. The first-order valence-electron chi connectivity index (χ1n) is 5.54. The van der Waals surface area contributed by atoms with E-state index in [-0.39, 0.29) is 5.97 Å². The second kappa shape index (κ2) is 5.65. The van der Waals surface area contributed by atoms with E-state index in [2.05, 4.69) is 15.9 Å². The van der Waals surface area contributed by atoms with E-state index in [9.17, 15) is 9.90 Å². The van der Waals surface area contributed by atoms with Crippen LogP contribution in [0.2, 0.25) is 0 Å². The van der Waals surface area contributed by atoms with Crippen molar-refractivity contribution in [2.24, 2.45) is 5.92 Å². The van der Waals surface area contributed by atoms with E-state index in [4.69, 9.17) is 4.74 Å². The van der Waals surface area contributed by atoms with Gasteiger partial charge in [-0.3, -0.25) is 4.79 Å². The van der Waals surface area contributed by atoms with E-state index in [1.807, 2.05) is 12.1 Å². The molecule has 1 aromatic rings. The fourth-order valence-corrected chi connectivity index (χ4v) is 1.80. The van der Waals surface area contributed by atoms with Gasteiger partial charge in [0.25, 0.3) is 0 Å². The van der Waals surface area contributed by atoms with Gasteiger partial charge in [0.1, 0.15) is 0 Å². The Bertz CT molecular complexity index is 384. The molecule has 0 amide bonds. The maximum atomic E-state index is 11.6. The Morgan fingerprint density at radius 1 is 1.47 bits per heavy atom. The minimum Gasteiger partial charge on any atom is -0.466 e. The van der Waals surface area contributed by atoms with Crippen molar-refractivity contribution in [3.05, 3.63) is 34.3 Å². The molecule has 0 saturated carbocycles. The Labute approximate surface area is 110 Å². The highest BCUT2D eigenvalue weighted by Gasteiger charge is 2.36. The minimum atomic E-state index is -1.23. The van der Waals surface area contributed by atoms with Gasteiger partial charge < -0.3 is 9.84 Å². The fourth-order valence-electron chi connectivity index (χ4n) is 1.53.